The van der Waals surface area contributed by atoms with Gasteiger partial charge in [-0.2, -0.15) is 0 Å². The first kappa shape index (κ1) is 23.4. The predicted octanol–water partition coefficient (Wildman–Crippen LogP) is 4.58. The number of amides is 2. The van der Waals surface area contributed by atoms with Crippen molar-refractivity contribution in [2.75, 3.05) is 0 Å². The Balaban J connectivity index is 1.42. The molecule has 6 nitrogen and oxygen atoms in total. The van der Waals surface area contributed by atoms with Crippen molar-refractivity contribution >= 4 is 41.0 Å². The Hall–Kier alpha value is -1.79. The summed E-state index contributed by atoms with van der Waals surface area (Å²) in [6.45, 7) is 4.94. The van der Waals surface area contributed by atoms with E-state index in [2.05, 4.69) is 10.6 Å². The summed E-state index contributed by atoms with van der Waals surface area (Å²) in [5.41, 5.74) is -0.201. The van der Waals surface area contributed by atoms with Gasteiger partial charge in [-0.3, -0.25) is 14.4 Å². The predicted molar refractivity (Wildman–Crippen MR) is 122 cm³/mol. The fourth-order valence-electron chi connectivity index (χ4n) is 6.62. The van der Waals surface area contributed by atoms with E-state index < -0.39 is 11.5 Å². The zero-order valence-corrected chi connectivity index (χ0v) is 20.2. The maximum Gasteiger partial charge on any atom is 0.312 e. The lowest BCUT2D eigenvalue weighted by molar-refractivity contribution is -0.182. The van der Waals surface area contributed by atoms with Gasteiger partial charge in [0.25, 0.3) is 5.91 Å². The maximum absolute atomic E-state index is 13.3. The molecule has 2 N–H and O–H groups in total. The lowest BCUT2D eigenvalue weighted by Crippen LogP contribution is -2.65. The molecule has 174 valence electrons. The maximum atomic E-state index is 13.3. The summed E-state index contributed by atoms with van der Waals surface area (Å²) in [5, 5.41) is 7.00. The second-order valence-electron chi connectivity index (χ2n) is 10.1. The number of nitrogens with one attached hydrogen (secondary N) is 2. The Kier molecular flexibility index (Phi) is 6.23. The number of halogens is 2. The lowest BCUT2D eigenvalue weighted by atomic mass is 9.47. The van der Waals surface area contributed by atoms with E-state index in [4.69, 9.17) is 27.9 Å². The number of ether oxygens (including phenoxy) is 1. The highest BCUT2D eigenvalue weighted by atomic mass is 35.5. The second-order valence-corrected chi connectivity index (χ2v) is 11.0. The van der Waals surface area contributed by atoms with Crippen LogP contribution in [0.5, 0.6) is 0 Å². The molecular formula is C24H30Cl2N2O4. The van der Waals surface area contributed by atoms with Gasteiger partial charge in [-0.05, 0) is 81.9 Å². The minimum atomic E-state index is -0.930. The smallest absolute Gasteiger partial charge is 0.312 e. The van der Waals surface area contributed by atoms with E-state index in [1.807, 2.05) is 6.92 Å². The third kappa shape index (κ3) is 4.49. The highest BCUT2D eigenvalue weighted by molar-refractivity contribution is 6.35. The van der Waals surface area contributed by atoms with E-state index >= 15 is 0 Å². The summed E-state index contributed by atoms with van der Waals surface area (Å²) in [5.74, 6) is 0.0658. The van der Waals surface area contributed by atoms with Crippen LogP contribution in [0.3, 0.4) is 0 Å². The van der Waals surface area contributed by atoms with Crippen molar-refractivity contribution < 1.29 is 19.1 Å². The summed E-state index contributed by atoms with van der Waals surface area (Å²) < 4.78 is 5.72. The molecule has 1 aromatic rings. The van der Waals surface area contributed by atoms with Gasteiger partial charge in [0.15, 0.2) is 6.10 Å². The van der Waals surface area contributed by atoms with E-state index in [-0.39, 0.29) is 29.4 Å². The molecule has 4 saturated carbocycles. The van der Waals surface area contributed by atoms with E-state index in [0.717, 1.165) is 37.7 Å². The zero-order valence-electron chi connectivity index (χ0n) is 18.7. The van der Waals surface area contributed by atoms with Crippen LogP contribution in [-0.4, -0.2) is 29.4 Å². The van der Waals surface area contributed by atoms with Crippen LogP contribution in [0.1, 0.15) is 70.9 Å². The van der Waals surface area contributed by atoms with Crippen LogP contribution in [0.25, 0.3) is 0 Å². The molecule has 1 aromatic carbocycles. The van der Waals surface area contributed by atoms with Crippen LogP contribution < -0.4 is 10.6 Å². The molecule has 8 heteroatoms. The Morgan fingerprint density at radius 3 is 2.34 bits per heavy atom. The first-order valence-electron chi connectivity index (χ1n) is 11.3. The minimum Gasteiger partial charge on any atom is -0.452 e. The normalized spacial score (nSPS) is 32.2. The van der Waals surface area contributed by atoms with Crippen molar-refractivity contribution in [3.8, 4) is 0 Å². The van der Waals surface area contributed by atoms with Crippen molar-refractivity contribution in [1.82, 2.24) is 10.6 Å². The molecule has 4 aliphatic rings. The summed E-state index contributed by atoms with van der Waals surface area (Å²) in [6.07, 6.45) is 4.16. The highest BCUT2D eigenvalue weighted by Crippen LogP contribution is 2.62. The van der Waals surface area contributed by atoms with E-state index in [1.165, 1.54) is 6.92 Å². The molecule has 0 aromatic heterocycles. The Bertz CT molecular complexity index is 936. The number of esters is 1. The lowest BCUT2D eigenvalue weighted by Gasteiger charge is -2.60. The van der Waals surface area contributed by atoms with Crippen LogP contribution in [0.4, 0.5) is 0 Å². The van der Waals surface area contributed by atoms with Gasteiger partial charge in [-0.15, -0.1) is 0 Å². The molecule has 0 heterocycles. The van der Waals surface area contributed by atoms with Gasteiger partial charge in [0.2, 0.25) is 5.91 Å². The molecule has 4 atom stereocenters. The van der Waals surface area contributed by atoms with Gasteiger partial charge in [0.05, 0.1) is 11.5 Å². The quantitative estimate of drug-likeness (QED) is 0.583. The Morgan fingerprint density at radius 2 is 1.75 bits per heavy atom. The number of benzene rings is 1. The van der Waals surface area contributed by atoms with Crippen LogP contribution in [-0.2, 0) is 19.1 Å². The van der Waals surface area contributed by atoms with Gasteiger partial charge in [-0.1, -0.05) is 29.3 Å². The monoisotopic (exact) mass is 480 g/mol. The average Bonchev–Trinajstić information content (AvgIpc) is 2.65. The third-order valence-electron chi connectivity index (χ3n) is 7.38. The number of carbonyl (C=O) groups is 3. The van der Waals surface area contributed by atoms with Crippen LogP contribution in [0.15, 0.2) is 18.2 Å². The molecule has 4 fully saturated rings. The fraction of sp³-hybridized carbons (Fsp3) is 0.625. The Morgan fingerprint density at radius 1 is 1.09 bits per heavy atom. The zero-order chi connectivity index (χ0) is 23.3. The average molecular weight is 481 g/mol. The van der Waals surface area contributed by atoms with Crippen LogP contribution >= 0.6 is 23.2 Å². The summed E-state index contributed by atoms with van der Waals surface area (Å²) in [6, 6.07) is 4.74. The van der Waals surface area contributed by atoms with E-state index in [0.29, 0.717) is 28.3 Å². The molecule has 0 unspecified atom stereocenters. The second kappa shape index (κ2) is 8.53. The molecule has 0 saturated heterocycles. The molecule has 0 radical (unpaired) electrons. The van der Waals surface area contributed by atoms with Crippen molar-refractivity contribution in [2.45, 2.75) is 77.0 Å². The van der Waals surface area contributed by atoms with Gasteiger partial charge in [0.1, 0.15) is 0 Å². The first-order valence-corrected chi connectivity index (χ1v) is 12.0. The molecular weight excluding hydrogens is 451 g/mol. The Labute approximate surface area is 198 Å². The van der Waals surface area contributed by atoms with Crippen molar-refractivity contribution in [3.05, 3.63) is 33.8 Å². The van der Waals surface area contributed by atoms with Gasteiger partial charge in [0, 0.05) is 22.5 Å². The number of hydrogen-bond donors (Lipinski definition) is 2. The third-order valence-corrected chi connectivity index (χ3v) is 7.94. The van der Waals surface area contributed by atoms with Crippen molar-refractivity contribution in [2.24, 2.45) is 17.3 Å². The molecule has 5 rings (SSSR count). The summed E-state index contributed by atoms with van der Waals surface area (Å²) >= 11 is 12.2. The largest absolute Gasteiger partial charge is 0.452 e. The number of rotatable bonds is 6. The minimum absolute atomic E-state index is 0.0574. The summed E-state index contributed by atoms with van der Waals surface area (Å²) in [7, 11) is 0. The van der Waals surface area contributed by atoms with Gasteiger partial charge in [-0.25, -0.2) is 0 Å². The van der Waals surface area contributed by atoms with Crippen molar-refractivity contribution in [3.63, 3.8) is 0 Å². The van der Waals surface area contributed by atoms with Crippen molar-refractivity contribution in [1.29, 1.82) is 0 Å². The van der Waals surface area contributed by atoms with Crippen LogP contribution in [0, 0.1) is 17.3 Å². The van der Waals surface area contributed by atoms with Crippen LogP contribution in [0.2, 0.25) is 10.0 Å². The van der Waals surface area contributed by atoms with E-state index in [9.17, 15) is 14.4 Å². The molecule has 2 amide bonds. The molecule has 0 spiro atoms. The molecule has 4 aliphatic carbocycles. The topological polar surface area (TPSA) is 84.5 Å². The van der Waals surface area contributed by atoms with E-state index in [1.54, 1.807) is 25.1 Å². The van der Waals surface area contributed by atoms with Gasteiger partial charge < -0.3 is 15.4 Å². The SMILES string of the molecule is CC(=O)NC12C[C@H]3C[C@H](C1)CC(C(=O)O[C@@H](C)C(=O)N[C@@H](C)c1ccc(Cl)cc1Cl)(C3)C2. The number of hydrogen-bond acceptors (Lipinski definition) is 4. The molecule has 32 heavy (non-hydrogen) atoms. The fourth-order valence-corrected chi connectivity index (χ4v) is 7.19. The first-order chi connectivity index (χ1) is 15.0. The molecule has 4 bridgehead atoms. The van der Waals surface area contributed by atoms with Gasteiger partial charge >= 0.3 is 5.97 Å². The highest BCUT2D eigenvalue weighted by Gasteiger charge is 2.61. The standard InChI is InChI=1S/C24H30Cl2N2O4/c1-13(19-5-4-18(25)7-20(19)26)27-21(30)14(2)32-22(31)23-8-16-6-17(9-23)11-24(10-16,12-23)28-15(3)29/h4-5,7,13-14,16-17H,6,8-12H2,1-3H3,(H,27,30)(H,28,29)/t13-,14-,16-,17-,23?,24?/m0/s1. The number of carbonyl (C=O) groups excluding carboxylic acids is 3. The summed E-state index contributed by atoms with van der Waals surface area (Å²) in [4.78, 5) is 37.9. The molecule has 0 aliphatic heterocycles.